The molecule has 21 heavy (non-hydrogen) atoms. The van der Waals surface area contributed by atoms with Crippen molar-refractivity contribution in [3.63, 3.8) is 0 Å². The lowest BCUT2D eigenvalue weighted by molar-refractivity contribution is -0.920. The van der Waals surface area contributed by atoms with E-state index >= 15 is 0 Å². The van der Waals surface area contributed by atoms with Crippen LogP contribution in [0.15, 0.2) is 24.2 Å². The molecule has 0 aromatic carbocycles. The van der Waals surface area contributed by atoms with Crippen LogP contribution in [0.1, 0.15) is 12.8 Å². The summed E-state index contributed by atoms with van der Waals surface area (Å²) in [4.78, 5) is 1.62. The summed E-state index contributed by atoms with van der Waals surface area (Å²) >= 11 is 9.29. The maximum atomic E-state index is 12.4. The molecule has 2 aliphatic rings. The number of thiocarbonyl (C=S) groups is 1. The number of allylic oxidation sites excluding steroid dienone is 2. The molecule has 0 aliphatic carbocycles. The minimum absolute atomic E-state index is 0.00419. The number of β-amino-alcohol motifs (C(OH)–C–C–N with tert-alkyl or cyclic N) is 1. The lowest BCUT2D eigenvalue weighted by atomic mass is 9.89. The molecule has 0 spiro atoms. The van der Waals surface area contributed by atoms with Crippen LogP contribution in [0, 0.1) is 5.21 Å². The fourth-order valence-corrected chi connectivity index (χ4v) is 3.37. The van der Waals surface area contributed by atoms with E-state index in [9.17, 15) is 15.4 Å². The van der Waals surface area contributed by atoms with Crippen molar-refractivity contribution in [3.8, 4) is 0 Å². The van der Waals surface area contributed by atoms with Gasteiger partial charge < -0.3 is 29.7 Å². The molecule has 0 aromatic heterocycles. The Bertz CT molecular complexity index is 481. The zero-order valence-electron chi connectivity index (χ0n) is 11.8. The highest BCUT2D eigenvalue weighted by Crippen LogP contribution is 2.35. The van der Waals surface area contributed by atoms with Crippen LogP contribution in [0.3, 0.4) is 0 Å². The van der Waals surface area contributed by atoms with Gasteiger partial charge in [0.1, 0.15) is 22.2 Å². The van der Waals surface area contributed by atoms with Crippen LogP contribution in [0.5, 0.6) is 0 Å². The highest BCUT2D eigenvalue weighted by Gasteiger charge is 2.50. The summed E-state index contributed by atoms with van der Waals surface area (Å²) in [6.07, 6.45) is 5.31. The molecule has 3 unspecified atom stereocenters. The normalized spacial score (nSPS) is 36.1. The van der Waals surface area contributed by atoms with Crippen LogP contribution in [-0.4, -0.2) is 62.6 Å². The van der Waals surface area contributed by atoms with Crippen molar-refractivity contribution in [2.75, 3.05) is 26.7 Å². The molecule has 0 saturated carbocycles. The van der Waals surface area contributed by atoms with E-state index in [4.69, 9.17) is 17.0 Å². The zero-order valence-corrected chi connectivity index (χ0v) is 13.5. The molecule has 1 saturated heterocycles. The van der Waals surface area contributed by atoms with Gasteiger partial charge in [-0.05, 0) is 18.6 Å². The number of hydroxylamine groups is 3. The highest BCUT2D eigenvalue weighted by molar-refractivity contribution is 8.10. The van der Waals surface area contributed by atoms with Crippen LogP contribution >= 0.6 is 24.8 Å². The number of quaternary nitrogens is 1. The van der Waals surface area contributed by atoms with Gasteiger partial charge in [0.15, 0.2) is 0 Å². The van der Waals surface area contributed by atoms with Gasteiger partial charge in [-0.25, -0.2) is 0 Å². The van der Waals surface area contributed by atoms with Gasteiger partial charge in [0.25, 0.3) is 0 Å². The summed E-state index contributed by atoms with van der Waals surface area (Å²) < 4.78 is 4.83. The maximum Gasteiger partial charge on any atom is 0.208 e. The van der Waals surface area contributed by atoms with Gasteiger partial charge in [-0.1, -0.05) is 12.2 Å². The first-order valence-electron chi connectivity index (χ1n) is 6.67. The number of ether oxygens (including phenoxy) is 1. The van der Waals surface area contributed by atoms with E-state index in [1.54, 1.807) is 11.2 Å². The molecule has 2 N–H and O–H groups in total. The summed E-state index contributed by atoms with van der Waals surface area (Å²) in [7, 11) is 1.39. The third-order valence-corrected chi connectivity index (χ3v) is 4.44. The van der Waals surface area contributed by atoms with Crippen molar-refractivity contribution >= 4 is 29.2 Å². The average Bonchev–Trinajstić information content (AvgIpc) is 2.43. The van der Waals surface area contributed by atoms with Crippen molar-refractivity contribution in [2.45, 2.75) is 24.6 Å². The topological polar surface area (TPSA) is 76.0 Å². The number of likely N-dealkylation sites (N-methyl/N-ethyl adjacent to an activating group) is 1. The van der Waals surface area contributed by atoms with Crippen LogP contribution in [0.25, 0.3) is 0 Å². The number of aliphatic hydroxyl groups is 2. The van der Waals surface area contributed by atoms with Gasteiger partial charge in [-0.15, -0.1) is 12.6 Å². The summed E-state index contributed by atoms with van der Waals surface area (Å²) in [5, 5.41) is 32.4. The molecule has 3 atom stereocenters. The second-order valence-electron chi connectivity index (χ2n) is 5.66. The second kappa shape index (κ2) is 6.23. The molecule has 118 valence electrons. The van der Waals surface area contributed by atoms with Crippen molar-refractivity contribution in [3.05, 3.63) is 29.4 Å². The molecule has 0 aromatic rings. The maximum absolute atomic E-state index is 12.4. The Hall–Kier alpha value is -0.640. The second-order valence-corrected chi connectivity index (χ2v) is 6.77. The highest BCUT2D eigenvalue weighted by atomic mass is 32.1. The van der Waals surface area contributed by atoms with Crippen molar-refractivity contribution in [2.24, 2.45) is 0 Å². The number of piperazine rings is 1. The quantitative estimate of drug-likeness (QED) is 0.306. The average molecular weight is 332 g/mol. The fourth-order valence-electron chi connectivity index (χ4n) is 2.81. The molecule has 2 heterocycles. The lowest BCUT2D eigenvalue weighted by Crippen LogP contribution is -2.72. The van der Waals surface area contributed by atoms with E-state index in [2.05, 4.69) is 12.6 Å². The number of nitrogens with zero attached hydrogens (tertiary/aromatic N) is 2. The van der Waals surface area contributed by atoms with E-state index in [1.165, 1.54) is 7.05 Å². The van der Waals surface area contributed by atoms with Crippen molar-refractivity contribution < 1.29 is 19.6 Å². The van der Waals surface area contributed by atoms with Crippen molar-refractivity contribution in [1.29, 1.82) is 0 Å². The Labute approximate surface area is 134 Å². The van der Waals surface area contributed by atoms with E-state index in [-0.39, 0.29) is 24.0 Å². The number of aliphatic hydroxyl groups excluding tert-OH is 2. The minimum atomic E-state index is -1.13. The van der Waals surface area contributed by atoms with E-state index < -0.39 is 16.4 Å². The molecule has 8 heteroatoms. The number of hydrogen-bond donors (Lipinski definition) is 3. The minimum Gasteiger partial charge on any atom is -0.631 e. The van der Waals surface area contributed by atoms with E-state index in [0.29, 0.717) is 12.2 Å². The Morgan fingerprint density at radius 3 is 2.95 bits per heavy atom. The molecular formula is C13H20N2O4S2. The van der Waals surface area contributed by atoms with Crippen LogP contribution in [0.2, 0.25) is 0 Å². The van der Waals surface area contributed by atoms with Gasteiger partial charge in [-0.2, -0.15) is 0 Å². The predicted octanol–water partition coefficient (Wildman–Crippen LogP) is 0.719. The number of thiol groups is 1. The van der Waals surface area contributed by atoms with Crippen LogP contribution < -0.4 is 0 Å². The fraction of sp³-hybridized carbons (Fsp3) is 0.615. The largest absolute Gasteiger partial charge is 0.631 e. The summed E-state index contributed by atoms with van der Waals surface area (Å²) in [5.74, 6) is 0.678. The predicted molar refractivity (Wildman–Crippen MR) is 86.1 cm³/mol. The Morgan fingerprint density at radius 1 is 1.71 bits per heavy atom. The van der Waals surface area contributed by atoms with Crippen LogP contribution in [-0.2, 0) is 4.74 Å². The van der Waals surface area contributed by atoms with E-state index in [0.717, 1.165) is 6.42 Å². The van der Waals surface area contributed by atoms with Gasteiger partial charge in [0, 0.05) is 6.42 Å². The SMILES string of the molecule is C[N+]1([O-])CC(CO)(CC2=CCC=CO2)N(C(=S)S)CC1O. The molecule has 2 rings (SSSR count). The first kappa shape index (κ1) is 16.7. The molecular weight excluding hydrogens is 312 g/mol. The monoisotopic (exact) mass is 332 g/mol. The molecule has 0 radical (unpaired) electrons. The smallest absolute Gasteiger partial charge is 0.208 e. The first-order chi connectivity index (χ1) is 9.81. The molecule has 0 amide bonds. The molecule has 0 bridgehead atoms. The van der Waals surface area contributed by atoms with Gasteiger partial charge in [0.05, 0.1) is 26.5 Å². The first-order valence-corrected chi connectivity index (χ1v) is 7.53. The third-order valence-electron chi connectivity index (χ3n) is 3.98. The zero-order chi connectivity index (χ0) is 15.7. The Kier molecular flexibility index (Phi) is 4.96. The van der Waals surface area contributed by atoms with Crippen molar-refractivity contribution in [1.82, 2.24) is 4.90 Å². The van der Waals surface area contributed by atoms with Gasteiger partial charge in [-0.3, -0.25) is 0 Å². The standard InChI is InChI=1S/C13H20N2O4S2/c1-15(18)8-13(9-16,6-10-4-2-3-5-19-10)14(12(20)21)7-11(15)17/h3-5,11,16-17H,2,6-9H2,1H3,(H,20,21). The Morgan fingerprint density at radius 2 is 2.43 bits per heavy atom. The summed E-state index contributed by atoms with van der Waals surface area (Å²) in [6, 6.07) is 0. The molecule has 2 aliphatic heterocycles. The number of hydrogen-bond acceptors (Lipinski definition) is 5. The number of rotatable bonds is 3. The van der Waals surface area contributed by atoms with Gasteiger partial charge >= 0.3 is 0 Å². The third kappa shape index (κ3) is 3.41. The Balaban J connectivity index is 2.30. The van der Waals surface area contributed by atoms with Gasteiger partial charge in [0.2, 0.25) is 6.23 Å². The molecule has 6 nitrogen and oxygen atoms in total. The summed E-state index contributed by atoms with van der Waals surface area (Å²) in [5.41, 5.74) is -0.925. The molecule has 1 fully saturated rings. The van der Waals surface area contributed by atoms with Crippen LogP contribution in [0.4, 0.5) is 0 Å². The summed E-state index contributed by atoms with van der Waals surface area (Å²) in [6.45, 7) is -0.247. The van der Waals surface area contributed by atoms with E-state index in [1.807, 2.05) is 12.2 Å². The lowest BCUT2D eigenvalue weighted by Gasteiger charge is -2.57.